The van der Waals surface area contributed by atoms with Crippen molar-refractivity contribution in [3.8, 4) is 11.1 Å². The summed E-state index contributed by atoms with van der Waals surface area (Å²) in [5.74, 6) is -0.0219. The molecule has 7 heteroatoms. The maximum atomic E-state index is 13.2. The molecule has 7 nitrogen and oxygen atoms in total. The van der Waals surface area contributed by atoms with Crippen LogP contribution in [-0.2, 0) is 11.4 Å². The van der Waals surface area contributed by atoms with Crippen LogP contribution in [0.25, 0.3) is 11.1 Å². The van der Waals surface area contributed by atoms with E-state index in [0.29, 0.717) is 18.5 Å². The van der Waals surface area contributed by atoms with Gasteiger partial charge in [-0.25, -0.2) is 0 Å². The second kappa shape index (κ2) is 10.1. The van der Waals surface area contributed by atoms with Gasteiger partial charge in [-0.2, -0.15) is 5.10 Å². The number of carbonyl (C=O) groups is 1. The maximum Gasteiger partial charge on any atom is 0.258 e. The van der Waals surface area contributed by atoms with Crippen LogP contribution in [-0.4, -0.2) is 46.8 Å². The SMILES string of the molecule is CONC1=CN(C(=O)c2ccc(-c3ccccc3)cc2)C(CNCCn2cccn2)C1. The molecule has 2 N–H and O–H groups in total. The third-order valence-electron chi connectivity index (χ3n) is 5.31. The van der Waals surface area contributed by atoms with Gasteiger partial charge in [0.2, 0.25) is 0 Å². The van der Waals surface area contributed by atoms with Gasteiger partial charge in [0, 0.05) is 43.7 Å². The van der Waals surface area contributed by atoms with Crippen molar-refractivity contribution < 1.29 is 9.63 Å². The van der Waals surface area contributed by atoms with Crippen LogP contribution in [0.3, 0.4) is 0 Å². The zero-order valence-electron chi connectivity index (χ0n) is 17.6. The van der Waals surface area contributed by atoms with Crippen molar-refractivity contribution in [3.05, 3.63) is 90.5 Å². The van der Waals surface area contributed by atoms with Crippen molar-refractivity contribution in [2.75, 3.05) is 20.2 Å². The van der Waals surface area contributed by atoms with Crippen LogP contribution in [0.1, 0.15) is 16.8 Å². The molecule has 2 heterocycles. The van der Waals surface area contributed by atoms with Gasteiger partial charge in [0.15, 0.2) is 0 Å². The number of aromatic nitrogens is 2. The summed E-state index contributed by atoms with van der Waals surface area (Å²) in [6.07, 6.45) is 6.26. The molecule has 1 aliphatic rings. The lowest BCUT2D eigenvalue weighted by molar-refractivity contribution is 0.0783. The molecule has 2 aromatic carbocycles. The highest BCUT2D eigenvalue weighted by Crippen LogP contribution is 2.24. The van der Waals surface area contributed by atoms with Crippen LogP contribution in [0.15, 0.2) is 85.0 Å². The summed E-state index contributed by atoms with van der Waals surface area (Å²) < 4.78 is 1.88. The van der Waals surface area contributed by atoms with Crippen LogP contribution in [0.4, 0.5) is 0 Å². The summed E-state index contributed by atoms with van der Waals surface area (Å²) >= 11 is 0. The molecule has 0 radical (unpaired) electrons. The molecule has 1 unspecified atom stereocenters. The minimum Gasteiger partial charge on any atom is -0.313 e. The Balaban J connectivity index is 1.41. The molecule has 1 aromatic heterocycles. The van der Waals surface area contributed by atoms with Gasteiger partial charge in [-0.15, -0.1) is 0 Å². The number of rotatable bonds is 9. The number of nitrogens with one attached hydrogen (secondary N) is 2. The van der Waals surface area contributed by atoms with Gasteiger partial charge in [0.05, 0.1) is 25.4 Å². The van der Waals surface area contributed by atoms with Gasteiger partial charge in [0.25, 0.3) is 5.91 Å². The van der Waals surface area contributed by atoms with E-state index in [1.54, 1.807) is 18.2 Å². The van der Waals surface area contributed by atoms with E-state index < -0.39 is 0 Å². The van der Waals surface area contributed by atoms with E-state index in [2.05, 4.69) is 28.0 Å². The molecular formula is C24H27N5O2. The zero-order chi connectivity index (χ0) is 21.5. The predicted molar refractivity (Wildman–Crippen MR) is 120 cm³/mol. The van der Waals surface area contributed by atoms with E-state index in [1.807, 2.05) is 65.6 Å². The Kier molecular flexibility index (Phi) is 6.76. The van der Waals surface area contributed by atoms with Crippen molar-refractivity contribution in [1.82, 2.24) is 25.5 Å². The summed E-state index contributed by atoms with van der Waals surface area (Å²) in [5.41, 5.74) is 6.65. The second-order valence-electron chi connectivity index (χ2n) is 7.45. The first-order chi connectivity index (χ1) is 15.2. The predicted octanol–water partition coefficient (Wildman–Crippen LogP) is 3.05. The molecule has 160 valence electrons. The number of benzene rings is 2. The summed E-state index contributed by atoms with van der Waals surface area (Å²) in [6, 6.07) is 19.8. The maximum absolute atomic E-state index is 13.2. The number of nitrogens with zero attached hydrogens (tertiary/aromatic N) is 3. The highest BCUT2D eigenvalue weighted by atomic mass is 16.6. The minimum atomic E-state index is -0.0219. The summed E-state index contributed by atoms with van der Waals surface area (Å²) in [4.78, 5) is 20.1. The topological polar surface area (TPSA) is 71.4 Å². The first-order valence-corrected chi connectivity index (χ1v) is 10.4. The van der Waals surface area contributed by atoms with E-state index >= 15 is 0 Å². The Labute approximate surface area is 182 Å². The molecule has 1 atom stereocenters. The Morgan fingerprint density at radius 3 is 2.58 bits per heavy atom. The van der Waals surface area contributed by atoms with E-state index in [0.717, 1.165) is 29.9 Å². The monoisotopic (exact) mass is 417 g/mol. The van der Waals surface area contributed by atoms with Crippen molar-refractivity contribution >= 4 is 5.91 Å². The second-order valence-corrected chi connectivity index (χ2v) is 7.45. The smallest absolute Gasteiger partial charge is 0.258 e. The number of hydrogen-bond donors (Lipinski definition) is 2. The number of hydroxylamine groups is 1. The Morgan fingerprint density at radius 1 is 1.10 bits per heavy atom. The van der Waals surface area contributed by atoms with Gasteiger partial charge < -0.3 is 10.2 Å². The first-order valence-electron chi connectivity index (χ1n) is 10.4. The fourth-order valence-corrected chi connectivity index (χ4v) is 3.75. The minimum absolute atomic E-state index is 0.0107. The van der Waals surface area contributed by atoms with Crippen LogP contribution < -0.4 is 10.8 Å². The zero-order valence-corrected chi connectivity index (χ0v) is 17.6. The highest BCUT2D eigenvalue weighted by molar-refractivity contribution is 5.96. The third-order valence-corrected chi connectivity index (χ3v) is 5.31. The molecule has 1 aliphatic heterocycles. The van der Waals surface area contributed by atoms with Crippen LogP contribution in [0.5, 0.6) is 0 Å². The molecule has 0 bridgehead atoms. The largest absolute Gasteiger partial charge is 0.313 e. The molecule has 1 amide bonds. The Morgan fingerprint density at radius 2 is 1.87 bits per heavy atom. The molecule has 3 aromatic rings. The van der Waals surface area contributed by atoms with Gasteiger partial charge in [0.1, 0.15) is 0 Å². The quantitative estimate of drug-likeness (QED) is 0.414. The van der Waals surface area contributed by atoms with Crippen LogP contribution in [0.2, 0.25) is 0 Å². The molecule has 31 heavy (non-hydrogen) atoms. The van der Waals surface area contributed by atoms with E-state index in [4.69, 9.17) is 4.84 Å². The molecular weight excluding hydrogens is 390 g/mol. The standard InChI is InChI=1S/C24H27N5O2/c1-31-27-22-16-23(17-25-13-15-28-14-5-12-26-28)29(18-22)24(30)21-10-8-20(9-11-21)19-6-3-2-4-7-19/h2-12,14,18,23,25,27H,13,15-17H2,1H3. The van der Waals surface area contributed by atoms with Crippen molar-refractivity contribution in [3.63, 3.8) is 0 Å². The molecule has 0 aliphatic carbocycles. The van der Waals surface area contributed by atoms with Crippen LogP contribution >= 0.6 is 0 Å². The first kappa shape index (κ1) is 20.8. The van der Waals surface area contributed by atoms with Crippen molar-refractivity contribution in [1.29, 1.82) is 0 Å². The van der Waals surface area contributed by atoms with Crippen molar-refractivity contribution in [2.24, 2.45) is 0 Å². The van der Waals surface area contributed by atoms with Gasteiger partial charge in [-0.3, -0.25) is 19.8 Å². The lowest BCUT2D eigenvalue weighted by Gasteiger charge is -2.24. The van der Waals surface area contributed by atoms with Crippen LogP contribution in [0, 0.1) is 0 Å². The third kappa shape index (κ3) is 5.20. The molecule has 0 saturated carbocycles. The number of hydrogen-bond acceptors (Lipinski definition) is 5. The average molecular weight is 418 g/mol. The number of amides is 1. The normalized spacial score (nSPS) is 15.7. The summed E-state index contributed by atoms with van der Waals surface area (Å²) in [7, 11) is 1.57. The van der Waals surface area contributed by atoms with Gasteiger partial charge in [-0.05, 0) is 29.3 Å². The Hall–Kier alpha value is -3.42. The lowest BCUT2D eigenvalue weighted by atomic mass is 10.0. The number of carbonyl (C=O) groups excluding carboxylic acids is 1. The fraction of sp³-hybridized carbons (Fsp3) is 0.250. The van der Waals surface area contributed by atoms with Gasteiger partial charge >= 0.3 is 0 Å². The summed E-state index contributed by atoms with van der Waals surface area (Å²) in [5, 5.41) is 7.65. The highest BCUT2D eigenvalue weighted by Gasteiger charge is 2.30. The van der Waals surface area contributed by atoms with E-state index in [1.165, 1.54) is 0 Å². The summed E-state index contributed by atoms with van der Waals surface area (Å²) in [6.45, 7) is 2.24. The molecule has 0 spiro atoms. The molecule has 0 saturated heterocycles. The van der Waals surface area contributed by atoms with E-state index in [9.17, 15) is 4.79 Å². The Bertz CT molecular complexity index is 1000. The van der Waals surface area contributed by atoms with Crippen molar-refractivity contribution in [2.45, 2.75) is 19.0 Å². The molecule has 0 fully saturated rings. The fourth-order valence-electron chi connectivity index (χ4n) is 3.75. The molecule has 4 rings (SSSR count). The lowest BCUT2D eigenvalue weighted by Crippen LogP contribution is -2.41. The van der Waals surface area contributed by atoms with E-state index in [-0.39, 0.29) is 11.9 Å². The average Bonchev–Trinajstić information content (AvgIpc) is 3.47. The van der Waals surface area contributed by atoms with Gasteiger partial charge in [-0.1, -0.05) is 42.5 Å².